The quantitative estimate of drug-likeness (QED) is 0.863. The third-order valence-electron chi connectivity index (χ3n) is 3.54. The number of benzene rings is 1. The topological polar surface area (TPSA) is 32.3 Å². The average Bonchev–Trinajstić information content (AvgIpc) is 2.37. The van der Waals surface area contributed by atoms with Gasteiger partial charge in [-0.05, 0) is 31.0 Å². The summed E-state index contributed by atoms with van der Waals surface area (Å²) >= 11 is 3.11. The van der Waals surface area contributed by atoms with E-state index in [9.17, 15) is 18.0 Å². The highest BCUT2D eigenvalue weighted by Gasteiger charge is 2.31. The zero-order valence-corrected chi connectivity index (χ0v) is 13.1. The summed E-state index contributed by atoms with van der Waals surface area (Å²) in [6, 6.07) is 3.88. The first-order valence-corrected chi connectivity index (χ1v) is 7.45. The zero-order valence-electron chi connectivity index (χ0n) is 11.5. The van der Waals surface area contributed by atoms with Crippen LogP contribution in [0.2, 0.25) is 0 Å². The van der Waals surface area contributed by atoms with Crippen molar-refractivity contribution in [3.05, 3.63) is 28.2 Å². The number of hydrogen-bond donors (Lipinski definition) is 1. The van der Waals surface area contributed by atoms with Crippen LogP contribution in [0.3, 0.4) is 0 Å². The van der Waals surface area contributed by atoms with Crippen molar-refractivity contribution in [1.82, 2.24) is 4.90 Å². The number of rotatable bonds is 2. The van der Waals surface area contributed by atoms with Gasteiger partial charge in [0.25, 0.3) is 0 Å². The number of anilines is 1. The number of halogens is 4. The lowest BCUT2D eigenvalue weighted by Crippen LogP contribution is -2.41. The Morgan fingerprint density at radius 3 is 2.43 bits per heavy atom. The van der Waals surface area contributed by atoms with E-state index in [4.69, 9.17) is 0 Å². The number of amides is 1. The molecule has 1 amide bonds. The van der Waals surface area contributed by atoms with E-state index in [2.05, 4.69) is 21.2 Å². The number of carbonyl (C=O) groups excluding carboxylic acids is 1. The molecule has 116 valence electrons. The molecule has 1 N–H and O–H groups in total. The smallest absolute Gasteiger partial charge is 0.382 e. The van der Waals surface area contributed by atoms with Crippen LogP contribution in [0, 0.1) is 0 Å². The largest absolute Gasteiger partial charge is 0.416 e. The van der Waals surface area contributed by atoms with Crippen molar-refractivity contribution in [1.29, 1.82) is 0 Å². The molecule has 0 aliphatic carbocycles. The number of hydrogen-bond acceptors (Lipinski definition) is 2. The highest BCUT2D eigenvalue weighted by molar-refractivity contribution is 9.10. The highest BCUT2D eigenvalue weighted by Crippen LogP contribution is 2.33. The first-order valence-electron chi connectivity index (χ1n) is 6.65. The van der Waals surface area contributed by atoms with Gasteiger partial charge in [-0.1, -0.05) is 15.9 Å². The van der Waals surface area contributed by atoms with Gasteiger partial charge in [-0.3, -0.25) is 4.79 Å². The van der Waals surface area contributed by atoms with E-state index < -0.39 is 11.7 Å². The second-order valence-electron chi connectivity index (χ2n) is 5.15. The van der Waals surface area contributed by atoms with Gasteiger partial charge in [0.05, 0.1) is 5.56 Å². The Hall–Kier alpha value is -1.24. The van der Waals surface area contributed by atoms with Crippen LogP contribution < -0.4 is 5.32 Å². The van der Waals surface area contributed by atoms with Crippen LogP contribution in [0.1, 0.15) is 25.3 Å². The van der Waals surface area contributed by atoms with Crippen molar-refractivity contribution < 1.29 is 18.0 Å². The minimum absolute atomic E-state index is 0.0373. The molecule has 1 fully saturated rings. The van der Waals surface area contributed by atoms with Crippen LogP contribution in [0.4, 0.5) is 18.9 Å². The molecule has 21 heavy (non-hydrogen) atoms. The molecule has 1 saturated heterocycles. The maximum Gasteiger partial charge on any atom is 0.416 e. The Labute approximate surface area is 129 Å². The summed E-state index contributed by atoms with van der Waals surface area (Å²) in [6.45, 7) is 2.79. The lowest BCUT2D eigenvalue weighted by Gasteiger charge is -2.32. The third-order valence-corrected chi connectivity index (χ3v) is 3.99. The van der Waals surface area contributed by atoms with Gasteiger partial charge in [0.2, 0.25) is 5.91 Å². The lowest BCUT2D eigenvalue weighted by molar-refractivity contribution is -0.137. The van der Waals surface area contributed by atoms with Crippen molar-refractivity contribution in [2.24, 2.45) is 0 Å². The SMILES string of the molecule is CC(=O)N1CCC(Nc2cc(Br)cc(C(F)(F)F)c2)CC1. The predicted molar refractivity (Wildman–Crippen MR) is 78.0 cm³/mol. The average molecular weight is 365 g/mol. The Bertz CT molecular complexity index is 525. The molecule has 0 bridgehead atoms. The zero-order chi connectivity index (χ0) is 15.6. The monoisotopic (exact) mass is 364 g/mol. The fourth-order valence-electron chi connectivity index (χ4n) is 2.41. The molecular formula is C14H16BrF3N2O. The van der Waals surface area contributed by atoms with E-state index in [1.807, 2.05) is 0 Å². The molecule has 1 heterocycles. The molecule has 7 heteroatoms. The molecule has 0 radical (unpaired) electrons. The first kappa shape index (κ1) is 16.1. The predicted octanol–water partition coefficient (Wildman–Crippen LogP) is 3.89. The molecule has 0 spiro atoms. The van der Waals surface area contributed by atoms with E-state index in [0.29, 0.717) is 23.2 Å². The normalized spacial score (nSPS) is 16.9. The Morgan fingerprint density at radius 2 is 1.90 bits per heavy atom. The van der Waals surface area contributed by atoms with Crippen molar-refractivity contribution >= 4 is 27.5 Å². The Morgan fingerprint density at radius 1 is 1.29 bits per heavy atom. The molecule has 2 rings (SSSR count). The van der Waals surface area contributed by atoms with Crippen LogP contribution in [-0.4, -0.2) is 29.9 Å². The summed E-state index contributed by atoms with van der Waals surface area (Å²) in [5, 5.41) is 3.13. The van der Waals surface area contributed by atoms with Gasteiger partial charge < -0.3 is 10.2 Å². The number of alkyl halides is 3. The van der Waals surface area contributed by atoms with Crippen LogP contribution in [-0.2, 0) is 11.0 Å². The van der Waals surface area contributed by atoms with Gasteiger partial charge in [-0.15, -0.1) is 0 Å². The fraction of sp³-hybridized carbons (Fsp3) is 0.500. The maximum atomic E-state index is 12.8. The van der Waals surface area contributed by atoms with Crippen LogP contribution >= 0.6 is 15.9 Å². The van der Waals surface area contributed by atoms with E-state index in [0.717, 1.165) is 25.0 Å². The van der Waals surface area contributed by atoms with Crippen molar-refractivity contribution in [2.75, 3.05) is 18.4 Å². The van der Waals surface area contributed by atoms with Gasteiger partial charge >= 0.3 is 6.18 Å². The number of carbonyl (C=O) groups is 1. The number of nitrogens with one attached hydrogen (secondary N) is 1. The van der Waals surface area contributed by atoms with E-state index >= 15 is 0 Å². The minimum Gasteiger partial charge on any atom is -0.382 e. The Kier molecular flexibility index (Phi) is 4.81. The number of nitrogens with zero attached hydrogens (tertiary/aromatic N) is 1. The molecule has 1 aliphatic heterocycles. The molecule has 1 aliphatic rings. The molecule has 0 atom stereocenters. The lowest BCUT2D eigenvalue weighted by atomic mass is 10.0. The van der Waals surface area contributed by atoms with Crippen molar-refractivity contribution in [2.45, 2.75) is 32.0 Å². The molecule has 0 saturated carbocycles. The van der Waals surface area contributed by atoms with Gasteiger partial charge in [0, 0.05) is 36.2 Å². The molecule has 1 aromatic carbocycles. The summed E-state index contributed by atoms with van der Waals surface area (Å²) in [4.78, 5) is 13.0. The van der Waals surface area contributed by atoms with E-state index in [1.54, 1.807) is 11.0 Å². The summed E-state index contributed by atoms with van der Waals surface area (Å²) in [6.07, 6.45) is -2.90. The number of likely N-dealkylation sites (tertiary alicyclic amines) is 1. The van der Waals surface area contributed by atoms with Crippen molar-refractivity contribution in [3.63, 3.8) is 0 Å². The van der Waals surface area contributed by atoms with E-state index in [1.165, 1.54) is 6.92 Å². The summed E-state index contributed by atoms with van der Waals surface area (Å²) in [7, 11) is 0. The van der Waals surface area contributed by atoms with Gasteiger partial charge in [-0.2, -0.15) is 13.2 Å². The highest BCUT2D eigenvalue weighted by atomic mass is 79.9. The fourth-order valence-corrected chi connectivity index (χ4v) is 2.90. The molecule has 0 aromatic heterocycles. The summed E-state index contributed by atoms with van der Waals surface area (Å²) < 4.78 is 38.7. The third kappa shape index (κ3) is 4.36. The number of piperidine rings is 1. The van der Waals surface area contributed by atoms with Crippen LogP contribution in [0.25, 0.3) is 0 Å². The van der Waals surface area contributed by atoms with Gasteiger partial charge in [-0.25, -0.2) is 0 Å². The molecular weight excluding hydrogens is 349 g/mol. The standard InChI is InChI=1S/C14H16BrF3N2O/c1-9(21)20-4-2-12(3-5-20)19-13-7-10(14(16,17)18)6-11(15)8-13/h6-8,12,19H,2-5H2,1H3. The summed E-state index contributed by atoms with van der Waals surface area (Å²) in [5.74, 6) is 0.0373. The molecule has 3 nitrogen and oxygen atoms in total. The summed E-state index contributed by atoms with van der Waals surface area (Å²) in [5.41, 5.74) is -0.237. The van der Waals surface area contributed by atoms with Crippen molar-refractivity contribution in [3.8, 4) is 0 Å². The molecule has 1 aromatic rings. The first-order chi connectivity index (χ1) is 9.75. The molecule has 0 unspecified atom stereocenters. The second kappa shape index (κ2) is 6.25. The Balaban J connectivity index is 2.04. The van der Waals surface area contributed by atoms with E-state index in [-0.39, 0.29) is 11.9 Å². The van der Waals surface area contributed by atoms with Crippen LogP contribution in [0.15, 0.2) is 22.7 Å². The minimum atomic E-state index is -4.36. The van der Waals surface area contributed by atoms with Crippen LogP contribution in [0.5, 0.6) is 0 Å². The maximum absolute atomic E-state index is 12.8. The van der Waals surface area contributed by atoms with Gasteiger partial charge in [0.15, 0.2) is 0 Å². The van der Waals surface area contributed by atoms with Gasteiger partial charge in [0.1, 0.15) is 0 Å². The second-order valence-corrected chi connectivity index (χ2v) is 6.07.